The van der Waals surface area contributed by atoms with Gasteiger partial charge in [-0.05, 0) is 23.6 Å². The van der Waals surface area contributed by atoms with Gasteiger partial charge in [0, 0.05) is 18.2 Å². The van der Waals surface area contributed by atoms with E-state index in [-0.39, 0.29) is 24.5 Å². The summed E-state index contributed by atoms with van der Waals surface area (Å²) in [7, 11) is 0. The van der Waals surface area contributed by atoms with Crippen LogP contribution in [0, 0.1) is 5.92 Å². The van der Waals surface area contributed by atoms with Gasteiger partial charge in [-0.25, -0.2) is 0 Å². The maximum Gasteiger partial charge on any atom is 0.225 e. The minimum atomic E-state index is -0.119. The zero-order valence-corrected chi connectivity index (χ0v) is 10.3. The van der Waals surface area contributed by atoms with Gasteiger partial charge in [-0.3, -0.25) is 4.79 Å². The van der Waals surface area contributed by atoms with E-state index >= 15 is 0 Å². The lowest BCUT2D eigenvalue weighted by molar-refractivity contribution is -0.116. The van der Waals surface area contributed by atoms with E-state index in [1.165, 1.54) is 0 Å². The van der Waals surface area contributed by atoms with Gasteiger partial charge in [0.05, 0.1) is 6.61 Å². The summed E-state index contributed by atoms with van der Waals surface area (Å²) in [5.74, 6) is 0.209. The van der Waals surface area contributed by atoms with Crippen molar-refractivity contribution in [3.05, 3.63) is 29.8 Å². The first-order valence-corrected chi connectivity index (χ1v) is 5.78. The van der Waals surface area contributed by atoms with E-state index < -0.39 is 0 Å². The van der Waals surface area contributed by atoms with E-state index in [0.717, 1.165) is 11.3 Å². The molecule has 4 nitrogen and oxygen atoms in total. The molecule has 94 valence electrons. The molecule has 4 N–H and O–H groups in total. The summed E-state index contributed by atoms with van der Waals surface area (Å²) in [6.45, 7) is 3.99. The fraction of sp³-hybridized carbons (Fsp3) is 0.462. The number of rotatable bonds is 5. The van der Waals surface area contributed by atoms with Crippen LogP contribution in [0.25, 0.3) is 0 Å². The highest BCUT2D eigenvalue weighted by Crippen LogP contribution is 2.11. The summed E-state index contributed by atoms with van der Waals surface area (Å²) in [6, 6.07) is 6.97. The highest BCUT2D eigenvalue weighted by Gasteiger charge is 2.12. The Kier molecular flexibility index (Phi) is 5.12. The van der Waals surface area contributed by atoms with E-state index in [0.29, 0.717) is 6.42 Å². The first kappa shape index (κ1) is 13.7. The maximum atomic E-state index is 11.6. The Morgan fingerprint density at radius 1 is 1.35 bits per heavy atom. The van der Waals surface area contributed by atoms with Gasteiger partial charge in [-0.15, -0.1) is 0 Å². The molecule has 0 radical (unpaired) electrons. The molecule has 1 aromatic rings. The van der Waals surface area contributed by atoms with Crippen LogP contribution in [0.2, 0.25) is 0 Å². The standard InChI is InChI=1S/C13H20N2O2/c1-9(2)12(14)7-13(17)15-11-5-3-10(8-16)4-6-11/h3-6,9,12,16H,7-8,14H2,1-2H3,(H,15,17). The third kappa shape index (κ3) is 4.54. The molecule has 0 aliphatic heterocycles. The molecule has 0 aromatic heterocycles. The normalized spacial score (nSPS) is 12.5. The monoisotopic (exact) mass is 236 g/mol. The van der Waals surface area contributed by atoms with Crippen LogP contribution in [0.15, 0.2) is 24.3 Å². The van der Waals surface area contributed by atoms with Gasteiger partial charge in [0.1, 0.15) is 0 Å². The Labute approximate surface area is 102 Å². The quantitative estimate of drug-likeness (QED) is 0.725. The second kappa shape index (κ2) is 6.37. The van der Waals surface area contributed by atoms with Crippen LogP contribution in [-0.2, 0) is 11.4 Å². The van der Waals surface area contributed by atoms with Gasteiger partial charge >= 0.3 is 0 Å². The Morgan fingerprint density at radius 2 is 1.94 bits per heavy atom. The smallest absolute Gasteiger partial charge is 0.225 e. The van der Waals surface area contributed by atoms with Crippen molar-refractivity contribution >= 4 is 11.6 Å². The van der Waals surface area contributed by atoms with E-state index in [2.05, 4.69) is 5.32 Å². The van der Waals surface area contributed by atoms with Crippen LogP contribution >= 0.6 is 0 Å². The molecule has 1 rings (SSSR count). The molecule has 0 saturated heterocycles. The second-order valence-corrected chi connectivity index (χ2v) is 4.52. The van der Waals surface area contributed by atoms with Gasteiger partial charge in [0.15, 0.2) is 0 Å². The summed E-state index contributed by atoms with van der Waals surface area (Å²) in [5, 5.41) is 11.7. The molecule has 1 unspecified atom stereocenters. The van der Waals surface area contributed by atoms with E-state index in [4.69, 9.17) is 10.8 Å². The van der Waals surface area contributed by atoms with Crippen LogP contribution < -0.4 is 11.1 Å². The Balaban J connectivity index is 2.50. The molecule has 1 amide bonds. The van der Waals surface area contributed by atoms with Crippen LogP contribution in [0.3, 0.4) is 0 Å². The van der Waals surface area contributed by atoms with Crippen molar-refractivity contribution in [2.45, 2.75) is 32.9 Å². The van der Waals surface area contributed by atoms with Crippen molar-refractivity contribution < 1.29 is 9.90 Å². The second-order valence-electron chi connectivity index (χ2n) is 4.52. The molecule has 0 aliphatic carbocycles. The molecule has 0 aliphatic rings. The number of carbonyl (C=O) groups excluding carboxylic acids is 1. The molecule has 0 spiro atoms. The van der Waals surface area contributed by atoms with Crippen molar-refractivity contribution in [2.75, 3.05) is 5.32 Å². The number of amides is 1. The summed E-state index contributed by atoms with van der Waals surface area (Å²) in [5.41, 5.74) is 7.37. The first-order valence-electron chi connectivity index (χ1n) is 5.78. The predicted octanol–water partition coefficient (Wildman–Crippen LogP) is 1.49. The van der Waals surface area contributed by atoms with E-state index in [9.17, 15) is 4.79 Å². The van der Waals surface area contributed by atoms with Crippen molar-refractivity contribution in [1.29, 1.82) is 0 Å². The molecule has 17 heavy (non-hydrogen) atoms. The molecule has 0 bridgehead atoms. The number of aliphatic hydroxyl groups excluding tert-OH is 1. The molecule has 0 fully saturated rings. The molecular weight excluding hydrogens is 216 g/mol. The topological polar surface area (TPSA) is 75.4 Å². The molecule has 1 aromatic carbocycles. The van der Waals surface area contributed by atoms with Crippen molar-refractivity contribution in [2.24, 2.45) is 11.7 Å². The largest absolute Gasteiger partial charge is 0.392 e. The molecule has 0 heterocycles. The average molecular weight is 236 g/mol. The summed E-state index contributed by atoms with van der Waals surface area (Å²) in [6.07, 6.45) is 0.319. The van der Waals surface area contributed by atoms with Gasteiger partial charge in [0.25, 0.3) is 0 Å². The number of nitrogens with two attached hydrogens (primary N) is 1. The number of hydrogen-bond donors (Lipinski definition) is 3. The van der Waals surface area contributed by atoms with Crippen LogP contribution in [0.4, 0.5) is 5.69 Å². The van der Waals surface area contributed by atoms with Crippen molar-refractivity contribution in [1.82, 2.24) is 0 Å². The van der Waals surface area contributed by atoms with Crippen LogP contribution in [0.1, 0.15) is 25.8 Å². The number of anilines is 1. The highest BCUT2D eigenvalue weighted by molar-refractivity contribution is 5.91. The third-order valence-electron chi connectivity index (χ3n) is 2.70. The van der Waals surface area contributed by atoms with Crippen LogP contribution in [0.5, 0.6) is 0 Å². The minimum absolute atomic E-state index is 0.00640. The molecule has 4 heteroatoms. The Bertz CT molecular complexity index is 360. The summed E-state index contributed by atoms with van der Waals surface area (Å²) < 4.78 is 0. The predicted molar refractivity (Wildman–Crippen MR) is 68.4 cm³/mol. The minimum Gasteiger partial charge on any atom is -0.392 e. The summed E-state index contributed by atoms with van der Waals surface area (Å²) >= 11 is 0. The molecular formula is C13H20N2O2. The average Bonchev–Trinajstić information content (AvgIpc) is 2.29. The van der Waals surface area contributed by atoms with Crippen molar-refractivity contribution in [3.63, 3.8) is 0 Å². The van der Waals surface area contributed by atoms with Gasteiger partial charge in [-0.1, -0.05) is 26.0 Å². The fourth-order valence-corrected chi connectivity index (χ4v) is 1.36. The van der Waals surface area contributed by atoms with E-state index in [1.807, 2.05) is 13.8 Å². The van der Waals surface area contributed by atoms with Crippen LogP contribution in [-0.4, -0.2) is 17.1 Å². The fourth-order valence-electron chi connectivity index (χ4n) is 1.36. The number of carbonyl (C=O) groups is 1. The first-order chi connectivity index (χ1) is 8.02. The molecule has 1 atom stereocenters. The Morgan fingerprint density at radius 3 is 2.41 bits per heavy atom. The summed E-state index contributed by atoms with van der Waals surface area (Å²) in [4.78, 5) is 11.6. The third-order valence-corrected chi connectivity index (χ3v) is 2.70. The number of benzene rings is 1. The zero-order chi connectivity index (χ0) is 12.8. The highest BCUT2D eigenvalue weighted by atomic mass is 16.3. The lowest BCUT2D eigenvalue weighted by atomic mass is 10.0. The van der Waals surface area contributed by atoms with Gasteiger partial charge < -0.3 is 16.2 Å². The number of aliphatic hydroxyl groups is 1. The Hall–Kier alpha value is -1.39. The zero-order valence-electron chi connectivity index (χ0n) is 10.3. The number of nitrogens with one attached hydrogen (secondary N) is 1. The molecule has 0 saturated carbocycles. The SMILES string of the molecule is CC(C)C(N)CC(=O)Nc1ccc(CO)cc1. The number of hydrogen-bond acceptors (Lipinski definition) is 3. The maximum absolute atomic E-state index is 11.6. The van der Waals surface area contributed by atoms with Gasteiger partial charge in [0.2, 0.25) is 5.91 Å². The van der Waals surface area contributed by atoms with E-state index in [1.54, 1.807) is 24.3 Å². The lowest BCUT2D eigenvalue weighted by Crippen LogP contribution is -2.31. The van der Waals surface area contributed by atoms with Crippen molar-refractivity contribution in [3.8, 4) is 0 Å². The van der Waals surface area contributed by atoms with Gasteiger partial charge in [-0.2, -0.15) is 0 Å². The lowest BCUT2D eigenvalue weighted by Gasteiger charge is -2.15.